The number of para-hydroxylation sites is 1. The lowest BCUT2D eigenvalue weighted by Gasteiger charge is -2.24. The topological polar surface area (TPSA) is 84.0 Å². The summed E-state index contributed by atoms with van der Waals surface area (Å²) in [6, 6.07) is 12.4. The van der Waals surface area contributed by atoms with E-state index in [2.05, 4.69) is 6.58 Å². The van der Waals surface area contributed by atoms with Gasteiger partial charge in [0.25, 0.3) is 15.9 Å². The zero-order valence-corrected chi connectivity index (χ0v) is 19.9. The second kappa shape index (κ2) is 11.3. The third-order valence-electron chi connectivity index (χ3n) is 5.36. The summed E-state index contributed by atoms with van der Waals surface area (Å²) >= 11 is 6.22. The number of ether oxygens (including phenoxy) is 1. The number of anilines is 1. The summed E-state index contributed by atoms with van der Waals surface area (Å²) in [6.45, 7) is 4.56. The maximum absolute atomic E-state index is 13.4. The van der Waals surface area contributed by atoms with Crippen molar-refractivity contribution >= 4 is 39.2 Å². The molecule has 1 aliphatic heterocycles. The largest absolute Gasteiger partial charge is 0.452 e. The first-order chi connectivity index (χ1) is 15.8. The van der Waals surface area contributed by atoms with Crippen LogP contribution >= 0.6 is 11.6 Å². The highest BCUT2D eigenvalue weighted by atomic mass is 35.5. The number of carbonyl (C=O) groups is 2. The minimum Gasteiger partial charge on any atom is -0.452 e. The predicted molar refractivity (Wildman–Crippen MR) is 128 cm³/mol. The maximum atomic E-state index is 13.4. The fraction of sp³-hybridized carbons (Fsp3) is 0.333. The molecule has 0 saturated carbocycles. The smallest absolute Gasteiger partial charge is 0.338 e. The second-order valence-electron chi connectivity index (χ2n) is 7.68. The minimum absolute atomic E-state index is 0.00624. The molecule has 1 aliphatic rings. The number of rotatable bonds is 8. The van der Waals surface area contributed by atoms with Crippen molar-refractivity contribution in [3.8, 4) is 0 Å². The van der Waals surface area contributed by atoms with Gasteiger partial charge in [-0.2, -0.15) is 0 Å². The van der Waals surface area contributed by atoms with E-state index in [0.29, 0.717) is 18.8 Å². The highest BCUT2D eigenvalue weighted by molar-refractivity contribution is 7.93. The number of likely N-dealkylation sites (tertiary alicyclic amines) is 1. The van der Waals surface area contributed by atoms with Crippen molar-refractivity contribution < 1.29 is 22.7 Å². The monoisotopic (exact) mass is 490 g/mol. The molecule has 0 unspecified atom stereocenters. The van der Waals surface area contributed by atoms with Crippen LogP contribution in [0.2, 0.25) is 5.02 Å². The molecule has 33 heavy (non-hydrogen) atoms. The van der Waals surface area contributed by atoms with Crippen molar-refractivity contribution in [1.82, 2.24) is 4.90 Å². The van der Waals surface area contributed by atoms with E-state index in [1.54, 1.807) is 35.2 Å². The molecule has 3 rings (SSSR count). The Bertz CT molecular complexity index is 1100. The van der Waals surface area contributed by atoms with Gasteiger partial charge in [0.15, 0.2) is 6.61 Å². The lowest BCUT2D eigenvalue weighted by Crippen LogP contribution is -2.35. The zero-order chi connectivity index (χ0) is 23.8. The molecule has 0 aliphatic carbocycles. The Hall–Kier alpha value is -2.84. The molecule has 0 N–H and O–H groups in total. The molecule has 1 saturated heterocycles. The first-order valence-corrected chi connectivity index (χ1v) is 12.6. The van der Waals surface area contributed by atoms with E-state index in [0.717, 1.165) is 30.0 Å². The molecule has 176 valence electrons. The number of halogens is 1. The van der Waals surface area contributed by atoms with Gasteiger partial charge in [-0.15, -0.1) is 6.58 Å². The number of sulfonamides is 1. The Labute approximate surface area is 199 Å². The SMILES string of the molecule is C=CCN(c1ccccc1)S(=O)(=O)c1cc(C(=O)OCC(=O)N2CCCCCC2)ccc1Cl. The van der Waals surface area contributed by atoms with Crippen LogP contribution in [0.5, 0.6) is 0 Å². The van der Waals surface area contributed by atoms with Crippen LogP contribution in [-0.2, 0) is 19.6 Å². The van der Waals surface area contributed by atoms with Gasteiger partial charge in [-0.25, -0.2) is 13.2 Å². The van der Waals surface area contributed by atoms with Gasteiger partial charge in [0, 0.05) is 13.1 Å². The molecule has 2 aromatic carbocycles. The van der Waals surface area contributed by atoms with E-state index in [1.165, 1.54) is 24.3 Å². The normalized spacial score (nSPS) is 14.3. The van der Waals surface area contributed by atoms with E-state index >= 15 is 0 Å². The Balaban J connectivity index is 1.79. The fourth-order valence-corrected chi connectivity index (χ4v) is 5.56. The first kappa shape index (κ1) is 24.8. The molecule has 0 aromatic heterocycles. The molecule has 0 atom stereocenters. The Kier molecular flexibility index (Phi) is 8.52. The van der Waals surface area contributed by atoms with Gasteiger partial charge in [0.2, 0.25) is 0 Å². The Morgan fingerprint density at radius 1 is 1.06 bits per heavy atom. The quantitative estimate of drug-likeness (QED) is 0.407. The third kappa shape index (κ3) is 6.15. The van der Waals surface area contributed by atoms with Gasteiger partial charge >= 0.3 is 5.97 Å². The highest BCUT2D eigenvalue weighted by Crippen LogP contribution is 2.29. The summed E-state index contributed by atoms with van der Waals surface area (Å²) in [4.78, 5) is 26.5. The number of nitrogens with zero attached hydrogens (tertiary/aromatic N) is 2. The maximum Gasteiger partial charge on any atom is 0.338 e. The molecule has 0 bridgehead atoms. The molecular weight excluding hydrogens is 464 g/mol. The van der Waals surface area contributed by atoms with Crippen LogP contribution in [0.25, 0.3) is 0 Å². The van der Waals surface area contributed by atoms with Crippen LogP contribution in [0.15, 0.2) is 66.1 Å². The van der Waals surface area contributed by atoms with E-state index in [-0.39, 0.29) is 27.9 Å². The molecule has 1 heterocycles. The summed E-state index contributed by atoms with van der Waals surface area (Å²) in [5.74, 6) is -1.05. The van der Waals surface area contributed by atoms with Crippen LogP contribution < -0.4 is 4.31 Å². The average Bonchev–Trinajstić information content (AvgIpc) is 3.11. The highest BCUT2D eigenvalue weighted by Gasteiger charge is 2.28. The number of carbonyl (C=O) groups excluding carboxylic acids is 2. The van der Waals surface area contributed by atoms with E-state index in [1.807, 2.05) is 0 Å². The van der Waals surface area contributed by atoms with Crippen molar-refractivity contribution in [3.05, 3.63) is 71.8 Å². The molecule has 9 heteroatoms. The van der Waals surface area contributed by atoms with Gasteiger partial charge in [-0.05, 0) is 43.2 Å². The lowest BCUT2D eigenvalue weighted by atomic mass is 10.2. The van der Waals surface area contributed by atoms with E-state index in [9.17, 15) is 18.0 Å². The van der Waals surface area contributed by atoms with Gasteiger partial charge < -0.3 is 9.64 Å². The molecule has 1 fully saturated rings. The summed E-state index contributed by atoms with van der Waals surface area (Å²) in [5, 5.41) is -0.0304. The second-order valence-corrected chi connectivity index (χ2v) is 9.91. The van der Waals surface area contributed by atoms with Gasteiger partial charge in [-0.3, -0.25) is 9.10 Å². The molecular formula is C24H27ClN2O5S. The summed E-state index contributed by atoms with van der Waals surface area (Å²) < 4.78 is 33.1. The van der Waals surface area contributed by atoms with Crippen LogP contribution in [-0.4, -0.2) is 51.4 Å². The summed E-state index contributed by atoms with van der Waals surface area (Å²) in [6.07, 6.45) is 5.49. The minimum atomic E-state index is -4.11. The van der Waals surface area contributed by atoms with Gasteiger partial charge in [0.1, 0.15) is 4.90 Å². The van der Waals surface area contributed by atoms with Gasteiger partial charge in [-0.1, -0.05) is 48.7 Å². The third-order valence-corrected chi connectivity index (χ3v) is 7.63. The van der Waals surface area contributed by atoms with Crippen LogP contribution in [0.4, 0.5) is 5.69 Å². The Morgan fingerprint density at radius 2 is 1.73 bits per heavy atom. The van der Waals surface area contributed by atoms with Gasteiger partial charge in [0.05, 0.1) is 22.8 Å². The number of hydrogen-bond donors (Lipinski definition) is 0. The standard InChI is InChI=1S/C24H27ClN2O5S/c1-2-14-27(20-10-6-5-7-11-20)33(30,31)22-17-19(12-13-21(22)25)24(29)32-18-23(28)26-15-8-3-4-9-16-26/h2,5-7,10-13,17H,1,3-4,8-9,14-16,18H2. The zero-order valence-electron chi connectivity index (χ0n) is 18.3. The number of benzene rings is 2. The number of hydrogen-bond acceptors (Lipinski definition) is 5. The van der Waals surface area contributed by atoms with Crippen LogP contribution in [0.1, 0.15) is 36.0 Å². The molecule has 2 aromatic rings. The average molecular weight is 491 g/mol. The van der Waals surface area contributed by atoms with Crippen molar-refractivity contribution in [2.75, 3.05) is 30.5 Å². The predicted octanol–water partition coefficient (Wildman–Crippen LogP) is 4.28. The van der Waals surface area contributed by atoms with Crippen molar-refractivity contribution in [2.24, 2.45) is 0 Å². The van der Waals surface area contributed by atoms with Crippen molar-refractivity contribution in [3.63, 3.8) is 0 Å². The van der Waals surface area contributed by atoms with Crippen molar-refractivity contribution in [1.29, 1.82) is 0 Å². The molecule has 7 nitrogen and oxygen atoms in total. The number of amides is 1. The van der Waals surface area contributed by atoms with E-state index < -0.39 is 22.6 Å². The lowest BCUT2D eigenvalue weighted by molar-refractivity contribution is -0.134. The molecule has 0 radical (unpaired) electrons. The van der Waals surface area contributed by atoms with Crippen LogP contribution in [0.3, 0.4) is 0 Å². The summed E-state index contributed by atoms with van der Waals surface area (Å²) in [7, 11) is -4.11. The Morgan fingerprint density at radius 3 is 2.36 bits per heavy atom. The molecule has 1 amide bonds. The van der Waals surface area contributed by atoms with Crippen LogP contribution in [0, 0.1) is 0 Å². The van der Waals surface area contributed by atoms with Crippen molar-refractivity contribution in [2.45, 2.75) is 30.6 Å². The number of esters is 1. The fourth-order valence-electron chi connectivity index (χ4n) is 3.62. The first-order valence-electron chi connectivity index (χ1n) is 10.8. The molecule has 0 spiro atoms. The summed E-state index contributed by atoms with van der Waals surface area (Å²) in [5.41, 5.74) is 0.428. The van der Waals surface area contributed by atoms with E-state index in [4.69, 9.17) is 16.3 Å².